The van der Waals surface area contributed by atoms with E-state index in [1.54, 1.807) is 0 Å². The number of hydrogen-bond acceptors (Lipinski definition) is 2. The molecule has 3 nitrogen and oxygen atoms in total. The van der Waals surface area contributed by atoms with Gasteiger partial charge >= 0.3 is 0 Å². The monoisotopic (exact) mass is 302 g/mol. The Hall–Kier alpha value is -1.35. The van der Waals surface area contributed by atoms with Crippen LogP contribution in [0.1, 0.15) is 38.7 Å². The molecule has 122 valence electrons. The average Bonchev–Trinajstić information content (AvgIpc) is 2.59. The average molecular weight is 302 g/mol. The van der Waals surface area contributed by atoms with Crippen molar-refractivity contribution in [2.24, 2.45) is 5.92 Å². The topological polar surface area (TPSA) is 23.6 Å². The van der Waals surface area contributed by atoms with Crippen LogP contribution in [0.3, 0.4) is 0 Å². The number of aryl methyl sites for hydroxylation is 1. The first-order chi connectivity index (χ1) is 10.7. The van der Waals surface area contributed by atoms with Crippen molar-refractivity contribution in [3.05, 3.63) is 35.9 Å². The van der Waals surface area contributed by atoms with Crippen LogP contribution in [0.2, 0.25) is 0 Å². The summed E-state index contributed by atoms with van der Waals surface area (Å²) in [6.07, 6.45) is 3.82. The molecule has 0 radical (unpaired) electrons. The van der Waals surface area contributed by atoms with Crippen molar-refractivity contribution < 1.29 is 4.79 Å². The van der Waals surface area contributed by atoms with E-state index in [4.69, 9.17) is 0 Å². The van der Waals surface area contributed by atoms with Gasteiger partial charge in [-0.2, -0.15) is 0 Å². The lowest BCUT2D eigenvalue weighted by Gasteiger charge is -2.34. The van der Waals surface area contributed by atoms with Crippen LogP contribution in [0, 0.1) is 5.92 Å². The van der Waals surface area contributed by atoms with Crippen LogP contribution in [0.4, 0.5) is 0 Å². The van der Waals surface area contributed by atoms with Gasteiger partial charge in [-0.05, 0) is 43.8 Å². The normalized spacial score (nSPS) is 16.2. The van der Waals surface area contributed by atoms with Gasteiger partial charge in [-0.15, -0.1) is 0 Å². The molecule has 22 heavy (non-hydrogen) atoms. The van der Waals surface area contributed by atoms with Crippen molar-refractivity contribution in [2.75, 3.05) is 32.7 Å². The standard InChI is InChI=1S/C19H30N2O/c1-3-20(4-2)16-18-12-14-21(15-13-18)19(22)11-10-17-8-6-5-7-9-17/h5-9,18H,3-4,10-16H2,1-2H3. The molecule has 2 rings (SSSR count). The lowest BCUT2D eigenvalue weighted by molar-refractivity contribution is -0.132. The van der Waals surface area contributed by atoms with Gasteiger partial charge in [-0.1, -0.05) is 44.2 Å². The fourth-order valence-corrected chi connectivity index (χ4v) is 3.27. The summed E-state index contributed by atoms with van der Waals surface area (Å²) in [5.74, 6) is 1.09. The van der Waals surface area contributed by atoms with Gasteiger partial charge in [0.05, 0.1) is 0 Å². The predicted octanol–water partition coefficient (Wildman–Crippen LogP) is 3.20. The largest absolute Gasteiger partial charge is 0.343 e. The summed E-state index contributed by atoms with van der Waals surface area (Å²) < 4.78 is 0. The third kappa shape index (κ3) is 5.13. The molecule has 0 aromatic heterocycles. The Bertz CT molecular complexity index is 434. The van der Waals surface area contributed by atoms with Crippen LogP contribution in [0.5, 0.6) is 0 Å². The lowest BCUT2D eigenvalue weighted by Crippen LogP contribution is -2.41. The van der Waals surface area contributed by atoms with Crippen molar-refractivity contribution in [2.45, 2.75) is 39.5 Å². The van der Waals surface area contributed by atoms with E-state index in [1.807, 2.05) is 18.2 Å². The first kappa shape index (κ1) is 17.0. The van der Waals surface area contributed by atoms with E-state index >= 15 is 0 Å². The smallest absolute Gasteiger partial charge is 0.222 e. The molecular weight excluding hydrogens is 272 g/mol. The molecule has 1 aliphatic heterocycles. The van der Waals surface area contributed by atoms with Gasteiger partial charge in [0.25, 0.3) is 0 Å². The Morgan fingerprint density at radius 3 is 2.36 bits per heavy atom. The molecule has 1 heterocycles. The van der Waals surface area contributed by atoms with E-state index < -0.39 is 0 Å². The van der Waals surface area contributed by atoms with Crippen LogP contribution in [-0.4, -0.2) is 48.4 Å². The summed E-state index contributed by atoms with van der Waals surface area (Å²) in [5.41, 5.74) is 1.26. The minimum Gasteiger partial charge on any atom is -0.343 e. The molecule has 1 aromatic carbocycles. The Morgan fingerprint density at radius 2 is 1.77 bits per heavy atom. The van der Waals surface area contributed by atoms with Gasteiger partial charge in [-0.3, -0.25) is 4.79 Å². The number of likely N-dealkylation sites (tertiary alicyclic amines) is 1. The maximum absolute atomic E-state index is 12.3. The Labute approximate surface area is 135 Å². The van der Waals surface area contributed by atoms with Gasteiger partial charge in [0, 0.05) is 26.1 Å². The van der Waals surface area contributed by atoms with Crippen molar-refractivity contribution in [1.82, 2.24) is 9.80 Å². The number of carbonyl (C=O) groups is 1. The molecule has 0 atom stereocenters. The Balaban J connectivity index is 1.71. The number of hydrogen-bond donors (Lipinski definition) is 0. The highest BCUT2D eigenvalue weighted by molar-refractivity contribution is 5.76. The quantitative estimate of drug-likeness (QED) is 0.772. The fraction of sp³-hybridized carbons (Fsp3) is 0.632. The summed E-state index contributed by atoms with van der Waals surface area (Å²) in [6.45, 7) is 9.80. The van der Waals surface area contributed by atoms with Crippen molar-refractivity contribution in [3.8, 4) is 0 Å². The molecule has 0 saturated carbocycles. The number of carbonyl (C=O) groups excluding carboxylic acids is 1. The highest BCUT2D eigenvalue weighted by Gasteiger charge is 2.23. The Kier molecular flexibility index (Phi) is 6.91. The van der Waals surface area contributed by atoms with Crippen LogP contribution in [0.25, 0.3) is 0 Å². The Morgan fingerprint density at radius 1 is 1.14 bits per heavy atom. The minimum absolute atomic E-state index is 0.324. The molecule has 0 bridgehead atoms. The summed E-state index contributed by atoms with van der Waals surface area (Å²) in [5, 5.41) is 0. The zero-order valence-corrected chi connectivity index (χ0v) is 14.1. The molecule has 0 spiro atoms. The molecule has 0 aliphatic carbocycles. The van der Waals surface area contributed by atoms with E-state index in [0.717, 1.165) is 51.4 Å². The van der Waals surface area contributed by atoms with E-state index in [1.165, 1.54) is 12.1 Å². The molecule has 1 fully saturated rings. The highest BCUT2D eigenvalue weighted by Crippen LogP contribution is 2.19. The van der Waals surface area contributed by atoms with Gasteiger partial charge in [0.15, 0.2) is 0 Å². The maximum atomic E-state index is 12.3. The molecule has 1 saturated heterocycles. The third-order valence-electron chi connectivity index (χ3n) is 4.85. The molecule has 1 aliphatic rings. The molecule has 1 amide bonds. The highest BCUT2D eigenvalue weighted by atomic mass is 16.2. The third-order valence-corrected chi connectivity index (χ3v) is 4.85. The zero-order valence-electron chi connectivity index (χ0n) is 14.1. The zero-order chi connectivity index (χ0) is 15.8. The van der Waals surface area contributed by atoms with Gasteiger partial charge in [0.2, 0.25) is 5.91 Å². The second kappa shape index (κ2) is 8.94. The van der Waals surface area contributed by atoms with E-state index in [9.17, 15) is 4.79 Å². The van der Waals surface area contributed by atoms with Crippen LogP contribution in [0.15, 0.2) is 30.3 Å². The molecular formula is C19H30N2O. The predicted molar refractivity (Wildman–Crippen MR) is 91.9 cm³/mol. The SMILES string of the molecule is CCN(CC)CC1CCN(C(=O)CCc2ccccc2)CC1. The molecule has 0 N–H and O–H groups in total. The second-order valence-corrected chi connectivity index (χ2v) is 6.30. The summed E-state index contributed by atoms with van der Waals surface area (Å²) in [4.78, 5) is 16.9. The van der Waals surface area contributed by atoms with Gasteiger partial charge in [0.1, 0.15) is 0 Å². The van der Waals surface area contributed by atoms with Gasteiger partial charge < -0.3 is 9.80 Å². The van der Waals surface area contributed by atoms with Crippen molar-refractivity contribution in [3.63, 3.8) is 0 Å². The van der Waals surface area contributed by atoms with E-state index in [-0.39, 0.29) is 0 Å². The van der Waals surface area contributed by atoms with Crippen LogP contribution < -0.4 is 0 Å². The number of benzene rings is 1. The second-order valence-electron chi connectivity index (χ2n) is 6.30. The lowest BCUT2D eigenvalue weighted by atomic mass is 9.95. The van der Waals surface area contributed by atoms with E-state index in [0.29, 0.717) is 12.3 Å². The van der Waals surface area contributed by atoms with E-state index in [2.05, 4.69) is 35.8 Å². The first-order valence-electron chi connectivity index (χ1n) is 8.77. The van der Waals surface area contributed by atoms with Crippen molar-refractivity contribution in [1.29, 1.82) is 0 Å². The number of piperidine rings is 1. The van der Waals surface area contributed by atoms with Crippen molar-refractivity contribution >= 4 is 5.91 Å². The fourth-order valence-electron chi connectivity index (χ4n) is 3.27. The van der Waals surface area contributed by atoms with Gasteiger partial charge in [-0.25, -0.2) is 0 Å². The summed E-state index contributed by atoms with van der Waals surface area (Å²) in [6, 6.07) is 10.3. The number of amides is 1. The first-order valence-corrected chi connectivity index (χ1v) is 8.77. The summed E-state index contributed by atoms with van der Waals surface area (Å²) in [7, 11) is 0. The summed E-state index contributed by atoms with van der Waals surface area (Å²) >= 11 is 0. The molecule has 0 unspecified atom stereocenters. The van der Waals surface area contributed by atoms with Crippen LogP contribution >= 0.6 is 0 Å². The maximum Gasteiger partial charge on any atom is 0.222 e. The number of nitrogens with zero attached hydrogens (tertiary/aromatic N) is 2. The molecule has 1 aromatic rings. The minimum atomic E-state index is 0.324. The molecule has 3 heteroatoms. The van der Waals surface area contributed by atoms with Crippen LogP contribution in [-0.2, 0) is 11.2 Å². The number of rotatable bonds is 7.